The Balaban J connectivity index is 2.01. The number of phenolic OH excluding ortho intramolecular Hbond substituents is 1. The van der Waals surface area contributed by atoms with E-state index in [1.807, 2.05) is 19.1 Å². The lowest BCUT2D eigenvalue weighted by atomic mass is 10.1. The van der Waals surface area contributed by atoms with E-state index in [1.54, 1.807) is 26.0 Å². The molecule has 0 spiro atoms. The molecule has 0 fully saturated rings. The number of aryl methyl sites for hydroxylation is 1. The lowest BCUT2D eigenvalue weighted by molar-refractivity contribution is -0.116. The number of amides is 2. The van der Waals surface area contributed by atoms with Crippen molar-refractivity contribution < 1.29 is 23.1 Å². The summed E-state index contributed by atoms with van der Waals surface area (Å²) in [5.41, 5.74) is 1.36. The highest BCUT2D eigenvalue weighted by atomic mass is 32.2. The number of nitrogens with zero attached hydrogens (tertiary/aromatic N) is 1. The van der Waals surface area contributed by atoms with Crippen LogP contribution in [0.4, 0.5) is 5.69 Å². The smallest absolute Gasteiger partial charge is 0.251 e. The Morgan fingerprint density at radius 1 is 1.07 bits per heavy atom. The van der Waals surface area contributed by atoms with Gasteiger partial charge in [0.05, 0.1) is 10.6 Å². The molecule has 2 amide bonds. The van der Waals surface area contributed by atoms with Crippen LogP contribution >= 0.6 is 0 Å². The van der Waals surface area contributed by atoms with Crippen molar-refractivity contribution in [2.45, 2.75) is 32.1 Å². The summed E-state index contributed by atoms with van der Waals surface area (Å²) >= 11 is 0. The molecular formula is C21H27N3O5S. The Morgan fingerprint density at radius 3 is 2.37 bits per heavy atom. The molecule has 2 aromatic rings. The number of carbonyl (C=O) groups excluding carboxylic acids is 2. The number of hydrogen-bond donors (Lipinski definition) is 3. The van der Waals surface area contributed by atoms with E-state index in [1.165, 1.54) is 22.5 Å². The molecule has 30 heavy (non-hydrogen) atoms. The summed E-state index contributed by atoms with van der Waals surface area (Å²) in [6.45, 7) is 6.00. The van der Waals surface area contributed by atoms with Crippen molar-refractivity contribution in [3.63, 3.8) is 0 Å². The van der Waals surface area contributed by atoms with Gasteiger partial charge in [-0.15, -0.1) is 0 Å². The van der Waals surface area contributed by atoms with E-state index < -0.39 is 15.9 Å². The molecule has 2 aromatic carbocycles. The zero-order valence-electron chi connectivity index (χ0n) is 17.3. The summed E-state index contributed by atoms with van der Waals surface area (Å²) in [4.78, 5) is 24.4. The SMILES string of the molecule is CCN(CC)S(=O)(=O)c1ccc(O)c(NC(=O)CCNC(=O)c2ccccc2C)c1. The standard InChI is InChI=1S/C21H27N3O5S/c1-4-24(5-2)30(28,29)16-10-11-19(25)18(14-16)23-20(26)12-13-22-21(27)17-9-7-6-8-15(17)3/h6-11,14,25H,4-5,12-13H2,1-3H3,(H,22,27)(H,23,26). The van der Waals surface area contributed by atoms with Crippen LogP contribution in [0, 0.1) is 6.92 Å². The number of benzene rings is 2. The van der Waals surface area contributed by atoms with Gasteiger partial charge in [-0.2, -0.15) is 4.31 Å². The molecule has 0 aliphatic carbocycles. The van der Waals surface area contributed by atoms with E-state index in [0.717, 1.165) is 5.56 Å². The first kappa shape index (κ1) is 23.4. The summed E-state index contributed by atoms with van der Waals surface area (Å²) in [5, 5.41) is 15.2. The predicted octanol–water partition coefficient (Wildman–Crippen LogP) is 2.49. The fourth-order valence-electron chi connectivity index (χ4n) is 2.91. The first-order chi connectivity index (χ1) is 14.2. The second-order valence-electron chi connectivity index (χ2n) is 6.64. The van der Waals surface area contributed by atoms with Crippen LogP contribution in [0.1, 0.15) is 36.2 Å². The van der Waals surface area contributed by atoms with Crippen molar-refractivity contribution in [1.29, 1.82) is 0 Å². The molecule has 0 unspecified atom stereocenters. The number of rotatable bonds is 9. The van der Waals surface area contributed by atoms with Crippen LogP contribution in [-0.2, 0) is 14.8 Å². The van der Waals surface area contributed by atoms with Gasteiger partial charge in [0.1, 0.15) is 5.75 Å². The minimum atomic E-state index is -3.73. The van der Waals surface area contributed by atoms with Gasteiger partial charge in [0, 0.05) is 31.6 Å². The number of carbonyl (C=O) groups is 2. The van der Waals surface area contributed by atoms with Crippen molar-refractivity contribution in [3.8, 4) is 5.75 Å². The van der Waals surface area contributed by atoms with Crippen LogP contribution < -0.4 is 10.6 Å². The van der Waals surface area contributed by atoms with Gasteiger partial charge in [0.25, 0.3) is 5.91 Å². The lowest BCUT2D eigenvalue weighted by Gasteiger charge is -2.19. The van der Waals surface area contributed by atoms with E-state index in [4.69, 9.17) is 0 Å². The summed E-state index contributed by atoms with van der Waals surface area (Å²) in [6, 6.07) is 10.9. The summed E-state index contributed by atoms with van der Waals surface area (Å²) in [7, 11) is -3.73. The van der Waals surface area contributed by atoms with Gasteiger partial charge in [-0.1, -0.05) is 32.0 Å². The summed E-state index contributed by atoms with van der Waals surface area (Å²) in [6.07, 6.45) is -0.0376. The Morgan fingerprint density at radius 2 is 1.73 bits per heavy atom. The molecule has 0 aromatic heterocycles. The number of sulfonamides is 1. The molecule has 0 aliphatic rings. The van der Waals surface area contributed by atoms with Crippen molar-refractivity contribution in [2.75, 3.05) is 25.0 Å². The van der Waals surface area contributed by atoms with Crippen molar-refractivity contribution in [2.24, 2.45) is 0 Å². The number of anilines is 1. The van der Waals surface area contributed by atoms with Crippen LogP contribution in [0.5, 0.6) is 5.75 Å². The Hall–Kier alpha value is -2.91. The van der Waals surface area contributed by atoms with Crippen LogP contribution in [0.15, 0.2) is 47.4 Å². The van der Waals surface area contributed by atoms with E-state index in [9.17, 15) is 23.1 Å². The van der Waals surface area contributed by atoms with Crippen molar-refractivity contribution in [1.82, 2.24) is 9.62 Å². The highest BCUT2D eigenvalue weighted by Gasteiger charge is 2.23. The molecule has 0 heterocycles. The van der Waals surface area contributed by atoms with Gasteiger partial charge in [-0.25, -0.2) is 8.42 Å². The normalized spacial score (nSPS) is 11.3. The molecule has 3 N–H and O–H groups in total. The molecule has 0 radical (unpaired) electrons. The van der Waals surface area contributed by atoms with Crippen LogP contribution in [0.25, 0.3) is 0 Å². The van der Waals surface area contributed by atoms with Crippen LogP contribution in [0.2, 0.25) is 0 Å². The van der Waals surface area contributed by atoms with Gasteiger partial charge < -0.3 is 15.7 Å². The van der Waals surface area contributed by atoms with E-state index in [0.29, 0.717) is 18.7 Å². The Bertz CT molecular complexity index is 1020. The second kappa shape index (κ2) is 10.2. The maximum Gasteiger partial charge on any atom is 0.251 e. The molecule has 0 atom stereocenters. The van der Waals surface area contributed by atoms with Gasteiger partial charge in [0.2, 0.25) is 15.9 Å². The second-order valence-corrected chi connectivity index (χ2v) is 8.58. The third kappa shape index (κ3) is 5.58. The van der Waals surface area contributed by atoms with Crippen LogP contribution in [-0.4, -0.2) is 49.3 Å². The fraction of sp³-hybridized carbons (Fsp3) is 0.333. The van der Waals surface area contributed by atoms with Gasteiger partial charge >= 0.3 is 0 Å². The number of nitrogens with one attached hydrogen (secondary N) is 2. The molecule has 0 saturated heterocycles. The first-order valence-electron chi connectivity index (χ1n) is 9.67. The first-order valence-corrected chi connectivity index (χ1v) is 11.1. The van der Waals surface area contributed by atoms with Crippen LogP contribution in [0.3, 0.4) is 0 Å². The molecule has 2 rings (SSSR count). The lowest BCUT2D eigenvalue weighted by Crippen LogP contribution is -2.30. The maximum absolute atomic E-state index is 12.6. The molecule has 162 valence electrons. The van der Waals surface area contributed by atoms with Gasteiger partial charge in [-0.05, 0) is 36.8 Å². The molecule has 0 saturated carbocycles. The highest BCUT2D eigenvalue weighted by molar-refractivity contribution is 7.89. The average Bonchev–Trinajstić information content (AvgIpc) is 2.70. The Labute approximate surface area is 177 Å². The summed E-state index contributed by atoms with van der Waals surface area (Å²) < 4.78 is 26.6. The quantitative estimate of drug-likeness (QED) is 0.526. The molecular weight excluding hydrogens is 406 g/mol. The van der Waals surface area contributed by atoms with Gasteiger partial charge in [-0.3, -0.25) is 9.59 Å². The molecule has 9 heteroatoms. The number of hydrogen-bond acceptors (Lipinski definition) is 5. The molecule has 8 nitrogen and oxygen atoms in total. The minimum Gasteiger partial charge on any atom is -0.506 e. The zero-order valence-corrected chi connectivity index (χ0v) is 18.1. The fourth-order valence-corrected chi connectivity index (χ4v) is 4.40. The van der Waals surface area contributed by atoms with Gasteiger partial charge in [0.15, 0.2) is 0 Å². The average molecular weight is 434 g/mol. The largest absolute Gasteiger partial charge is 0.506 e. The Kier molecular flexibility index (Phi) is 7.96. The molecule has 0 bridgehead atoms. The number of aromatic hydroxyl groups is 1. The third-order valence-corrected chi connectivity index (χ3v) is 6.66. The number of phenols is 1. The predicted molar refractivity (Wildman–Crippen MR) is 115 cm³/mol. The van der Waals surface area contributed by atoms with Crippen molar-refractivity contribution in [3.05, 3.63) is 53.6 Å². The monoisotopic (exact) mass is 433 g/mol. The summed E-state index contributed by atoms with van der Waals surface area (Å²) in [5.74, 6) is -0.991. The zero-order chi connectivity index (χ0) is 22.3. The maximum atomic E-state index is 12.6. The third-order valence-electron chi connectivity index (χ3n) is 4.61. The van der Waals surface area contributed by atoms with E-state index >= 15 is 0 Å². The minimum absolute atomic E-state index is 0.00142. The van der Waals surface area contributed by atoms with E-state index in [2.05, 4.69) is 10.6 Å². The topological polar surface area (TPSA) is 116 Å². The molecule has 0 aliphatic heterocycles. The van der Waals surface area contributed by atoms with Crippen molar-refractivity contribution >= 4 is 27.5 Å². The highest BCUT2D eigenvalue weighted by Crippen LogP contribution is 2.28. The van der Waals surface area contributed by atoms with E-state index in [-0.39, 0.29) is 35.2 Å².